The fourth-order valence-corrected chi connectivity index (χ4v) is 2.51. The number of rotatable bonds is 2. The molecule has 3 nitrogen and oxygen atoms in total. The van der Waals surface area contributed by atoms with Crippen LogP contribution in [0.4, 0.5) is 5.69 Å². The zero-order valence-electron chi connectivity index (χ0n) is 10.8. The lowest BCUT2D eigenvalue weighted by molar-refractivity contribution is 0.102. The van der Waals surface area contributed by atoms with Gasteiger partial charge in [0.25, 0.3) is 5.91 Å². The van der Waals surface area contributed by atoms with Crippen molar-refractivity contribution in [1.29, 1.82) is 0 Å². The Bertz CT molecular complexity index is 649. The summed E-state index contributed by atoms with van der Waals surface area (Å²) in [6.07, 6.45) is 0. The Balaban J connectivity index is 2.29. The van der Waals surface area contributed by atoms with Crippen LogP contribution in [0, 0.1) is 20.8 Å². The number of halogens is 2. The highest BCUT2D eigenvalue weighted by molar-refractivity contribution is 9.10. The third kappa shape index (κ3) is 3.01. The van der Waals surface area contributed by atoms with Gasteiger partial charge >= 0.3 is 0 Å². The first kappa shape index (κ1) is 14.2. The van der Waals surface area contributed by atoms with E-state index in [2.05, 4.69) is 21.2 Å². The maximum absolute atomic E-state index is 12.2. The van der Waals surface area contributed by atoms with E-state index in [1.807, 2.05) is 19.9 Å². The maximum Gasteiger partial charge on any atom is 0.259 e. The molecule has 1 amide bonds. The quantitative estimate of drug-likeness (QED) is 0.845. The Morgan fingerprint density at radius 2 is 1.95 bits per heavy atom. The first-order valence-corrected chi connectivity index (χ1v) is 6.89. The number of carbonyl (C=O) groups is 1. The van der Waals surface area contributed by atoms with Gasteiger partial charge in [-0.3, -0.25) is 4.79 Å². The number of furan rings is 1. The van der Waals surface area contributed by atoms with Crippen molar-refractivity contribution in [3.8, 4) is 0 Å². The summed E-state index contributed by atoms with van der Waals surface area (Å²) in [4.78, 5) is 12.2. The van der Waals surface area contributed by atoms with Crippen LogP contribution in [0.15, 0.2) is 27.1 Å². The lowest BCUT2D eigenvalue weighted by atomic mass is 10.2. The first-order chi connectivity index (χ1) is 8.88. The Morgan fingerprint density at radius 3 is 2.53 bits per heavy atom. The standard InChI is InChI=1S/C14H13BrClNO2/c1-7-4-11(15)13(6-12(7)16)17-14(18)10-5-8(2)19-9(10)3/h4-6H,1-3H3,(H,17,18). The van der Waals surface area contributed by atoms with E-state index in [0.29, 0.717) is 27.8 Å². The van der Waals surface area contributed by atoms with Gasteiger partial charge in [0, 0.05) is 9.50 Å². The number of amides is 1. The summed E-state index contributed by atoms with van der Waals surface area (Å²) < 4.78 is 6.14. The van der Waals surface area contributed by atoms with E-state index in [0.717, 1.165) is 10.0 Å². The SMILES string of the molecule is Cc1cc(C(=O)Nc2cc(Cl)c(C)cc2Br)c(C)o1. The third-order valence-corrected chi connectivity index (χ3v) is 3.85. The van der Waals surface area contributed by atoms with Crippen LogP contribution in [0.3, 0.4) is 0 Å². The normalized spacial score (nSPS) is 10.6. The van der Waals surface area contributed by atoms with E-state index in [4.69, 9.17) is 16.0 Å². The van der Waals surface area contributed by atoms with Crippen LogP contribution in [0.5, 0.6) is 0 Å². The van der Waals surface area contributed by atoms with E-state index in [1.165, 1.54) is 0 Å². The summed E-state index contributed by atoms with van der Waals surface area (Å²) in [7, 11) is 0. The fraction of sp³-hybridized carbons (Fsp3) is 0.214. The second-order valence-electron chi connectivity index (χ2n) is 4.36. The molecular weight excluding hydrogens is 330 g/mol. The number of benzene rings is 1. The highest BCUT2D eigenvalue weighted by Gasteiger charge is 2.15. The van der Waals surface area contributed by atoms with E-state index in [1.54, 1.807) is 19.1 Å². The molecule has 1 aromatic carbocycles. The molecule has 1 aromatic heterocycles. The number of anilines is 1. The summed E-state index contributed by atoms with van der Waals surface area (Å²) in [6, 6.07) is 5.31. The van der Waals surface area contributed by atoms with Gasteiger partial charge in [0.1, 0.15) is 11.5 Å². The van der Waals surface area contributed by atoms with Crippen molar-refractivity contribution in [3.63, 3.8) is 0 Å². The van der Waals surface area contributed by atoms with Crippen molar-refractivity contribution in [2.24, 2.45) is 0 Å². The molecule has 0 radical (unpaired) electrons. The van der Waals surface area contributed by atoms with Gasteiger partial charge in [-0.15, -0.1) is 0 Å². The molecule has 0 aliphatic heterocycles. The van der Waals surface area contributed by atoms with Crippen molar-refractivity contribution >= 4 is 39.1 Å². The molecule has 0 atom stereocenters. The van der Waals surface area contributed by atoms with Gasteiger partial charge in [-0.1, -0.05) is 11.6 Å². The van der Waals surface area contributed by atoms with Crippen LogP contribution in [0.25, 0.3) is 0 Å². The number of nitrogens with one attached hydrogen (secondary N) is 1. The van der Waals surface area contributed by atoms with Gasteiger partial charge in [0.2, 0.25) is 0 Å². The number of carbonyl (C=O) groups excluding carboxylic acids is 1. The minimum absolute atomic E-state index is 0.213. The molecule has 0 aliphatic rings. The van der Waals surface area contributed by atoms with Gasteiger partial charge in [-0.2, -0.15) is 0 Å². The zero-order chi connectivity index (χ0) is 14.2. The molecule has 0 saturated carbocycles. The van der Waals surface area contributed by atoms with Crippen molar-refractivity contribution in [1.82, 2.24) is 0 Å². The third-order valence-electron chi connectivity index (χ3n) is 2.78. The smallest absolute Gasteiger partial charge is 0.259 e. The Labute approximate surface area is 125 Å². The van der Waals surface area contributed by atoms with Crippen molar-refractivity contribution in [3.05, 3.63) is 50.3 Å². The number of hydrogen-bond acceptors (Lipinski definition) is 2. The van der Waals surface area contributed by atoms with E-state index in [9.17, 15) is 4.79 Å². The predicted molar refractivity (Wildman–Crippen MR) is 80.0 cm³/mol. The van der Waals surface area contributed by atoms with Gasteiger partial charge in [0.05, 0.1) is 11.3 Å². The van der Waals surface area contributed by atoms with Crippen LogP contribution >= 0.6 is 27.5 Å². The van der Waals surface area contributed by atoms with Gasteiger partial charge < -0.3 is 9.73 Å². The lowest BCUT2D eigenvalue weighted by Gasteiger charge is -2.09. The average Bonchev–Trinajstić information content (AvgIpc) is 2.65. The molecule has 2 aromatic rings. The molecule has 0 spiro atoms. The highest BCUT2D eigenvalue weighted by atomic mass is 79.9. The monoisotopic (exact) mass is 341 g/mol. The molecule has 1 N–H and O–H groups in total. The van der Waals surface area contributed by atoms with Gasteiger partial charge in [-0.25, -0.2) is 0 Å². The topological polar surface area (TPSA) is 42.2 Å². The minimum atomic E-state index is -0.213. The summed E-state index contributed by atoms with van der Waals surface area (Å²) in [6.45, 7) is 5.48. The van der Waals surface area contributed by atoms with Gasteiger partial charge in [0.15, 0.2) is 0 Å². The van der Waals surface area contributed by atoms with E-state index in [-0.39, 0.29) is 5.91 Å². The molecule has 2 rings (SSSR count). The molecule has 5 heteroatoms. The zero-order valence-corrected chi connectivity index (χ0v) is 13.1. The molecule has 19 heavy (non-hydrogen) atoms. The van der Waals surface area contributed by atoms with Crippen LogP contribution < -0.4 is 5.32 Å². The second kappa shape index (κ2) is 5.39. The van der Waals surface area contributed by atoms with Crippen molar-refractivity contribution in [2.45, 2.75) is 20.8 Å². The largest absolute Gasteiger partial charge is 0.466 e. The summed E-state index contributed by atoms with van der Waals surface area (Å²) >= 11 is 9.47. The number of aryl methyl sites for hydroxylation is 3. The number of hydrogen-bond donors (Lipinski definition) is 1. The van der Waals surface area contributed by atoms with Crippen LogP contribution in [0.1, 0.15) is 27.4 Å². The molecule has 100 valence electrons. The van der Waals surface area contributed by atoms with Crippen molar-refractivity contribution < 1.29 is 9.21 Å². The highest BCUT2D eigenvalue weighted by Crippen LogP contribution is 2.29. The predicted octanol–water partition coefficient (Wildman–Crippen LogP) is 4.87. The fourth-order valence-electron chi connectivity index (χ4n) is 1.79. The molecule has 0 unspecified atom stereocenters. The van der Waals surface area contributed by atoms with E-state index < -0.39 is 0 Å². The summed E-state index contributed by atoms with van der Waals surface area (Å²) in [5, 5.41) is 3.43. The minimum Gasteiger partial charge on any atom is -0.466 e. The molecular formula is C14H13BrClNO2. The molecule has 0 aliphatic carbocycles. The van der Waals surface area contributed by atoms with Crippen LogP contribution in [0.2, 0.25) is 5.02 Å². The summed E-state index contributed by atoms with van der Waals surface area (Å²) in [5.74, 6) is 1.10. The van der Waals surface area contributed by atoms with Crippen LogP contribution in [-0.4, -0.2) is 5.91 Å². The Hall–Kier alpha value is -1.26. The molecule has 1 heterocycles. The summed E-state index contributed by atoms with van der Waals surface area (Å²) in [5.41, 5.74) is 2.11. The molecule has 0 bridgehead atoms. The molecule has 0 saturated heterocycles. The van der Waals surface area contributed by atoms with Crippen LogP contribution in [-0.2, 0) is 0 Å². The van der Waals surface area contributed by atoms with Gasteiger partial charge in [-0.05, 0) is 60.5 Å². The maximum atomic E-state index is 12.2. The Morgan fingerprint density at radius 1 is 1.26 bits per heavy atom. The average molecular weight is 343 g/mol. The Kier molecular flexibility index (Phi) is 4.02. The second-order valence-corrected chi connectivity index (χ2v) is 5.62. The molecule has 0 fully saturated rings. The lowest BCUT2D eigenvalue weighted by Crippen LogP contribution is -2.12. The first-order valence-electron chi connectivity index (χ1n) is 5.72. The van der Waals surface area contributed by atoms with E-state index >= 15 is 0 Å². The van der Waals surface area contributed by atoms with Crippen molar-refractivity contribution in [2.75, 3.05) is 5.32 Å².